The second-order valence-corrected chi connectivity index (χ2v) is 6.29. The Kier molecular flexibility index (Phi) is 5.87. The van der Waals surface area contributed by atoms with Gasteiger partial charge in [-0.15, -0.1) is 0 Å². The first kappa shape index (κ1) is 19.0. The fraction of sp³-hybridized carbons (Fsp3) is 0.444. The smallest absolute Gasteiger partial charge is 0.475 e. The highest BCUT2D eigenvalue weighted by atomic mass is 19.4. The highest BCUT2D eigenvalue weighted by Gasteiger charge is 2.38. The minimum Gasteiger partial charge on any atom is -0.475 e. The molecule has 1 N–H and O–H groups in total. The van der Waals surface area contributed by atoms with E-state index in [1.807, 2.05) is 0 Å². The normalized spacial score (nSPS) is 15.6. The Bertz CT molecular complexity index is 739. The minimum absolute atomic E-state index is 0.864. The van der Waals surface area contributed by atoms with Crippen LogP contribution in [0.3, 0.4) is 0 Å². The van der Waals surface area contributed by atoms with E-state index in [0.717, 1.165) is 30.3 Å². The van der Waals surface area contributed by atoms with Crippen molar-refractivity contribution in [3.8, 4) is 0 Å². The van der Waals surface area contributed by atoms with E-state index in [0.29, 0.717) is 0 Å². The molecule has 0 spiro atoms. The van der Waals surface area contributed by atoms with Crippen molar-refractivity contribution in [1.82, 2.24) is 4.98 Å². The summed E-state index contributed by atoms with van der Waals surface area (Å²) in [6.45, 7) is 6.81. The number of aromatic nitrogens is 1. The molecule has 2 heterocycles. The summed E-state index contributed by atoms with van der Waals surface area (Å²) in [5, 5.41) is 8.40. The van der Waals surface area contributed by atoms with Crippen molar-refractivity contribution in [2.24, 2.45) is 5.92 Å². The molecule has 0 aliphatic carbocycles. The summed E-state index contributed by atoms with van der Waals surface area (Å²) in [5.41, 5.74) is 2.44. The highest BCUT2D eigenvalue weighted by Crippen LogP contribution is 2.25. The molecule has 3 rings (SSSR count). The number of rotatable bonds is 1. The van der Waals surface area contributed by atoms with E-state index in [9.17, 15) is 13.2 Å². The van der Waals surface area contributed by atoms with E-state index in [1.54, 1.807) is 0 Å². The van der Waals surface area contributed by atoms with Gasteiger partial charge in [0.2, 0.25) is 0 Å². The van der Waals surface area contributed by atoms with Crippen molar-refractivity contribution in [3.05, 3.63) is 35.9 Å². The maximum Gasteiger partial charge on any atom is 0.490 e. The van der Waals surface area contributed by atoms with Crippen LogP contribution < -0.4 is 4.90 Å². The van der Waals surface area contributed by atoms with Gasteiger partial charge in [0.15, 0.2) is 0 Å². The molecule has 1 saturated heterocycles. The van der Waals surface area contributed by atoms with Gasteiger partial charge in [0.25, 0.3) is 0 Å². The maximum absolute atomic E-state index is 10.6. The number of fused-ring (bicyclic) bond motifs is 1. The van der Waals surface area contributed by atoms with E-state index < -0.39 is 12.1 Å². The average Bonchev–Trinajstić information content (AvgIpc) is 2.55. The first-order chi connectivity index (χ1) is 11.7. The van der Waals surface area contributed by atoms with Crippen LogP contribution in [-0.4, -0.2) is 35.3 Å². The molecule has 1 aromatic carbocycles. The molecule has 136 valence electrons. The van der Waals surface area contributed by atoms with E-state index in [2.05, 4.69) is 49.1 Å². The fourth-order valence-electron chi connectivity index (χ4n) is 2.73. The molecule has 0 amide bonds. The molecular formula is C18H21F3N2O2. The van der Waals surface area contributed by atoms with Gasteiger partial charge in [0.1, 0.15) is 5.82 Å². The zero-order chi connectivity index (χ0) is 18.6. The number of halogens is 3. The number of aliphatic carboxylic acids is 1. The summed E-state index contributed by atoms with van der Waals surface area (Å²) < 4.78 is 31.7. The lowest BCUT2D eigenvalue weighted by Crippen LogP contribution is -2.33. The summed E-state index contributed by atoms with van der Waals surface area (Å²) in [6, 6.07) is 10.6. The number of alkyl halides is 3. The molecule has 25 heavy (non-hydrogen) atoms. The number of para-hydroxylation sites is 1. The predicted octanol–water partition coefficient (Wildman–Crippen LogP) is 4.41. The van der Waals surface area contributed by atoms with E-state index >= 15 is 0 Å². The van der Waals surface area contributed by atoms with Crippen LogP contribution in [0.1, 0.15) is 25.3 Å². The van der Waals surface area contributed by atoms with Gasteiger partial charge in [-0.2, -0.15) is 13.2 Å². The van der Waals surface area contributed by atoms with Crippen molar-refractivity contribution >= 4 is 22.7 Å². The number of piperidine rings is 1. The summed E-state index contributed by atoms with van der Waals surface area (Å²) >= 11 is 0. The number of aryl methyl sites for hydroxylation is 1. The Morgan fingerprint density at radius 1 is 1.24 bits per heavy atom. The molecule has 4 nitrogen and oxygen atoms in total. The van der Waals surface area contributed by atoms with Crippen molar-refractivity contribution in [1.29, 1.82) is 0 Å². The van der Waals surface area contributed by atoms with Gasteiger partial charge >= 0.3 is 12.1 Å². The molecule has 1 aliphatic rings. The summed E-state index contributed by atoms with van der Waals surface area (Å²) in [6.07, 6.45) is -2.51. The van der Waals surface area contributed by atoms with Crippen LogP contribution in [0.4, 0.5) is 19.0 Å². The third-order valence-electron chi connectivity index (χ3n) is 4.26. The zero-order valence-corrected chi connectivity index (χ0v) is 14.2. The second-order valence-electron chi connectivity index (χ2n) is 6.29. The molecule has 2 aromatic rings. The molecule has 1 aliphatic heterocycles. The topological polar surface area (TPSA) is 53.4 Å². The Morgan fingerprint density at radius 2 is 1.80 bits per heavy atom. The van der Waals surface area contributed by atoms with Crippen molar-refractivity contribution in [2.75, 3.05) is 18.0 Å². The molecule has 0 unspecified atom stereocenters. The summed E-state index contributed by atoms with van der Waals surface area (Å²) in [5.74, 6) is -0.742. The fourth-order valence-corrected chi connectivity index (χ4v) is 2.73. The molecule has 0 saturated carbocycles. The standard InChI is InChI=1S/C16H20N2.C2HF3O2/c1-12-7-9-18(10-8-12)16-11-13(2)14-5-3-4-6-15(14)17-16;3-2(4,5)1(6)7/h3-6,11-12H,7-10H2,1-2H3;(H,6,7). The third kappa shape index (κ3) is 5.08. The molecule has 0 radical (unpaired) electrons. The number of carboxylic acid groups (broad SMARTS) is 1. The van der Waals surface area contributed by atoms with Crippen LogP contribution in [0, 0.1) is 12.8 Å². The first-order valence-corrected chi connectivity index (χ1v) is 8.10. The lowest BCUT2D eigenvalue weighted by Gasteiger charge is -2.31. The van der Waals surface area contributed by atoms with Gasteiger partial charge in [-0.3, -0.25) is 0 Å². The number of carbonyl (C=O) groups is 1. The van der Waals surface area contributed by atoms with Crippen LogP contribution in [0.5, 0.6) is 0 Å². The first-order valence-electron chi connectivity index (χ1n) is 8.10. The van der Waals surface area contributed by atoms with E-state index in [4.69, 9.17) is 14.9 Å². The van der Waals surface area contributed by atoms with Gasteiger partial charge < -0.3 is 10.0 Å². The Hall–Kier alpha value is -2.31. The quantitative estimate of drug-likeness (QED) is 0.824. The van der Waals surface area contributed by atoms with Gasteiger partial charge in [-0.05, 0) is 43.4 Å². The van der Waals surface area contributed by atoms with Crippen LogP contribution in [0.15, 0.2) is 30.3 Å². The van der Waals surface area contributed by atoms with Gasteiger partial charge in [-0.25, -0.2) is 9.78 Å². The van der Waals surface area contributed by atoms with Crippen LogP contribution >= 0.6 is 0 Å². The monoisotopic (exact) mass is 354 g/mol. The number of hydrogen-bond donors (Lipinski definition) is 1. The SMILES string of the molecule is Cc1cc(N2CCC(C)CC2)nc2ccccc12.O=C(O)C(F)(F)F. The number of pyridine rings is 1. The van der Waals surface area contributed by atoms with Crippen LogP contribution in [-0.2, 0) is 4.79 Å². The van der Waals surface area contributed by atoms with Gasteiger partial charge in [-0.1, -0.05) is 25.1 Å². The molecule has 0 bridgehead atoms. The van der Waals surface area contributed by atoms with Gasteiger partial charge in [0, 0.05) is 18.5 Å². The Labute approximate surface area is 144 Å². The number of benzene rings is 1. The number of hydrogen-bond acceptors (Lipinski definition) is 3. The zero-order valence-electron chi connectivity index (χ0n) is 14.2. The molecule has 1 aromatic heterocycles. The average molecular weight is 354 g/mol. The van der Waals surface area contributed by atoms with Crippen molar-refractivity contribution < 1.29 is 23.1 Å². The molecular weight excluding hydrogens is 333 g/mol. The number of carboxylic acids is 1. The van der Waals surface area contributed by atoms with Crippen LogP contribution in [0.2, 0.25) is 0 Å². The summed E-state index contributed by atoms with van der Waals surface area (Å²) in [4.78, 5) is 16.1. The summed E-state index contributed by atoms with van der Waals surface area (Å²) in [7, 11) is 0. The maximum atomic E-state index is 10.6. The van der Waals surface area contributed by atoms with E-state index in [-0.39, 0.29) is 0 Å². The minimum atomic E-state index is -5.08. The molecule has 0 atom stereocenters. The lowest BCUT2D eigenvalue weighted by atomic mass is 9.99. The highest BCUT2D eigenvalue weighted by molar-refractivity contribution is 5.83. The Morgan fingerprint density at radius 3 is 2.36 bits per heavy atom. The predicted molar refractivity (Wildman–Crippen MR) is 90.8 cm³/mol. The third-order valence-corrected chi connectivity index (χ3v) is 4.26. The largest absolute Gasteiger partial charge is 0.490 e. The van der Waals surface area contributed by atoms with Crippen LogP contribution in [0.25, 0.3) is 10.9 Å². The van der Waals surface area contributed by atoms with E-state index in [1.165, 1.54) is 23.8 Å². The lowest BCUT2D eigenvalue weighted by molar-refractivity contribution is -0.192. The number of anilines is 1. The Balaban J connectivity index is 0.000000277. The van der Waals surface area contributed by atoms with Gasteiger partial charge in [0.05, 0.1) is 5.52 Å². The molecule has 1 fully saturated rings. The second kappa shape index (κ2) is 7.72. The molecule has 7 heteroatoms. The number of nitrogens with zero attached hydrogens (tertiary/aromatic N) is 2. The van der Waals surface area contributed by atoms with Crippen molar-refractivity contribution in [2.45, 2.75) is 32.9 Å². The van der Waals surface area contributed by atoms with Crippen molar-refractivity contribution in [3.63, 3.8) is 0 Å².